The highest BCUT2D eigenvalue weighted by Gasteiger charge is 2.30. The maximum Gasteiger partial charge on any atom is 0.228 e. The van der Waals surface area contributed by atoms with E-state index in [1.54, 1.807) is 42.5 Å². The quantitative estimate of drug-likeness (QED) is 0.682. The number of ether oxygens (including phenoxy) is 2. The number of hydrogen-bond acceptors (Lipinski definition) is 5. The standard InChI is InChI=1S/C21H25ClN2O5S/c1-3-28-17-7-9-18(10-8-17)29-20-11-6-16(22)13-19(20)23-21(25)15-5-4-12-24(14-15)30(2,26)27/h6-11,13,15H,3-5,12,14H2,1-2H3,(H,23,25)/t15-/m0/s1. The molecule has 3 rings (SSSR count). The first-order valence-electron chi connectivity index (χ1n) is 9.72. The minimum Gasteiger partial charge on any atom is -0.494 e. The first-order chi connectivity index (χ1) is 14.3. The van der Waals surface area contributed by atoms with Crippen LogP contribution in [0.5, 0.6) is 17.2 Å². The van der Waals surface area contributed by atoms with Gasteiger partial charge in [-0.3, -0.25) is 4.79 Å². The van der Waals surface area contributed by atoms with Crippen LogP contribution < -0.4 is 14.8 Å². The molecule has 1 aliphatic rings. The topological polar surface area (TPSA) is 84.9 Å². The monoisotopic (exact) mass is 452 g/mol. The lowest BCUT2D eigenvalue weighted by Gasteiger charge is -2.30. The van der Waals surface area contributed by atoms with Crippen LogP contribution in [0.3, 0.4) is 0 Å². The number of halogens is 1. The van der Waals surface area contributed by atoms with Crippen LogP contribution in [0.25, 0.3) is 0 Å². The predicted molar refractivity (Wildman–Crippen MR) is 117 cm³/mol. The van der Waals surface area contributed by atoms with Crippen LogP contribution in [-0.2, 0) is 14.8 Å². The van der Waals surface area contributed by atoms with Crippen LogP contribution in [0.2, 0.25) is 5.02 Å². The minimum atomic E-state index is -3.33. The number of carbonyl (C=O) groups is 1. The number of rotatable bonds is 7. The third-order valence-corrected chi connectivity index (χ3v) is 6.29. The molecule has 0 unspecified atom stereocenters. The molecule has 1 fully saturated rings. The van der Waals surface area contributed by atoms with Crippen molar-refractivity contribution in [2.24, 2.45) is 5.92 Å². The molecular weight excluding hydrogens is 428 g/mol. The van der Waals surface area contributed by atoms with E-state index in [-0.39, 0.29) is 12.5 Å². The van der Waals surface area contributed by atoms with Crippen molar-refractivity contribution in [3.8, 4) is 17.2 Å². The Morgan fingerprint density at radius 2 is 1.90 bits per heavy atom. The Kier molecular flexibility index (Phi) is 7.23. The summed E-state index contributed by atoms with van der Waals surface area (Å²) in [4.78, 5) is 12.8. The van der Waals surface area contributed by atoms with E-state index < -0.39 is 15.9 Å². The molecule has 0 radical (unpaired) electrons. The van der Waals surface area contributed by atoms with E-state index in [0.29, 0.717) is 48.2 Å². The molecule has 7 nitrogen and oxygen atoms in total. The molecule has 1 atom stereocenters. The summed E-state index contributed by atoms with van der Waals surface area (Å²) in [6, 6.07) is 12.1. The average molecular weight is 453 g/mol. The predicted octanol–water partition coefficient (Wildman–Crippen LogP) is 4.14. The zero-order valence-corrected chi connectivity index (χ0v) is 18.5. The van der Waals surface area contributed by atoms with E-state index in [4.69, 9.17) is 21.1 Å². The highest BCUT2D eigenvalue weighted by Crippen LogP contribution is 2.33. The zero-order valence-electron chi connectivity index (χ0n) is 16.9. The molecule has 2 aromatic rings. The number of hydrogen-bond donors (Lipinski definition) is 1. The summed E-state index contributed by atoms with van der Waals surface area (Å²) in [7, 11) is -3.33. The van der Waals surface area contributed by atoms with Crippen molar-refractivity contribution in [2.75, 3.05) is 31.3 Å². The van der Waals surface area contributed by atoms with Gasteiger partial charge in [-0.05, 0) is 62.2 Å². The van der Waals surface area contributed by atoms with Gasteiger partial charge in [0.2, 0.25) is 15.9 Å². The third-order valence-electron chi connectivity index (χ3n) is 4.79. The zero-order chi connectivity index (χ0) is 21.7. The van der Waals surface area contributed by atoms with Gasteiger partial charge in [-0.2, -0.15) is 0 Å². The highest BCUT2D eigenvalue weighted by atomic mass is 35.5. The summed E-state index contributed by atoms with van der Waals surface area (Å²) in [5.41, 5.74) is 0.429. The van der Waals surface area contributed by atoms with Gasteiger partial charge in [0, 0.05) is 18.1 Å². The molecule has 9 heteroatoms. The largest absolute Gasteiger partial charge is 0.494 e. The van der Waals surface area contributed by atoms with Crippen LogP contribution in [0.4, 0.5) is 5.69 Å². The molecule has 0 bridgehead atoms. The molecule has 0 aromatic heterocycles. The van der Waals surface area contributed by atoms with Crippen LogP contribution in [0, 0.1) is 5.92 Å². The number of sulfonamides is 1. The summed E-state index contributed by atoms with van der Waals surface area (Å²) < 4.78 is 36.4. The molecule has 30 heavy (non-hydrogen) atoms. The van der Waals surface area contributed by atoms with Crippen molar-refractivity contribution in [3.63, 3.8) is 0 Å². The van der Waals surface area contributed by atoms with Crippen LogP contribution >= 0.6 is 11.6 Å². The molecule has 162 valence electrons. The van der Waals surface area contributed by atoms with Gasteiger partial charge in [0.1, 0.15) is 11.5 Å². The van der Waals surface area contributed by atoms with Crippen molar-refractivity contribution in [1.82, 2.24) is 4.31 Å². The van der Waals surface area contributed by atoms with E-state index in [1.165, 1.54) is 4.31 Å². The van der Waals surface area contributed by atoms with Gasteiger partial charge in [-0.25, -0.2) is 12.7 Å². The third kappa shape index (κ3) is 5.87. The van der Waals surface area contributed by atoms with Gasteiger partial charge in [0.25, 0.3) is 0 Å². The maximum absolute atomic E-state index is 12.8. The second kappa shape index (κ2) is 9.68. The Morgan fingerprint density at radius 1 is 1.20 bits per heavy atom. The molecule has 1 N–H and O–H groups in total. The molecule has 0 aliphatic carbocycles. The Labute approximate surface area is 182 Å². The van der Waals surface area contributed by atoms with Crippen molar-refractivity contribution < 1.29 is 22.7 Å². The summed E-state index contributed by atoms with van der Waals surface area (Å²) >= 11 is 6.12. The van der Waals surface area contributed by atoms with Crippen LogP contribution in [-0.4, -0.2) is 44.6 Å². The van der Waals surface area contributed by atoms with Gasteiger partial charge >= 0.3 is 0 Å². The molecule has 0 saturated carbocycles. The lowest BCUT2D eigenvalue weighted by Crippen LogP contribution is -2.43. The Balaban J connectivity index is 1.74. The van der Waals surface area contributed by atoms with Crippen LogP contribution in [0.1, 0.15) is 19.8 Å². The van der Waals surface area contributed by atoms with E-state index >= 15 is 0 Å². The lowest BCUT2D eigenvalue weighted by molar-refractivity contribution is -0.120. The number of anilines is 1. The average Bonchev–Trinajstić information content (AvgIpc) is 2.71. The van der Waals surface area contributed by atoms with Crippen molar-refractivity contribution in [3.05, 3.63) is 47.5 Å². The fourth-order valence-corrected chi connectivity index (χ4v) is 4.36. The second-order valence-electron chi connectivity index (χ2n) is 7.10. The van der Waals surface area contributed by atoms with Crippen molar-refractivity contribution in [1.29, 1.82) is 0 Å². The minimum absolute atomic E-state index is 0.167. The van der Waals surface area contributed by atoms with Crippen molar-refractivity contribution in [2.45, 2.75) is 19.8 Å². The molecule has 1 amide bonds. The summed E-state index contributed by atoms with van der Waals surface area (Å²) in [5, 5.41) is 3.30. The number of benzene rings is 2. The second-order valence-corrected chi connectivity index (χ2v) is 9.52. The highest BCUT2D eigenvalue weighted by molar-refractivity contribution is 7.88. The SMILES string of the molecule is CCOc1ccc(Oc2ccc(Cl)cc2NC(=O)[C@H]2CCCN(S(C)(=O)=O)C2)cc1. The normalized spacial score (nSPS) is 17.4. The molecule has 0 spiro atoms. The Morgan fingerprint density at radius 3 is 2.57 bits per heavy atom. The van der Waals surface area contributed by atoms with Crippen molar-refractivity contribution >= 4 is 33.2 Å². The first-order valence-corrected chi connectivity index (χ1v) is 11.9. The number of nitrogens with zero attached hydrogens (tertiary/aromatic N) is 1. The Bertz CT molecular complexity index is 995. The molecule has 2 aromatic carbocycles. The summed E-state index contributed by atoms with van der Waals surface area (Å²) in [5.74, 6) is 1.06. The lowest BCUT2D eigenvalue weighted by atomic mass is 9.98. The Hall–Kier alpha value is -2.29. The van der Waals surface area contributed by atoms with Gasteiger partial charge in [0.05, 0.1) is 24.5 Å². The van der Waals surface area contributed by atoms with Crippen LogP contribution in [0.15, 0.2) is 42.5 Å². The first kappa shape index (κ1) is 22.4. The molecule has 1 aliphatic heterocycles. The summed E-state index contributed by atoms with van der Waals surface area (Å²) in [6.07, 6.45) is 2.41. The molecule has 1 saturated heterocycles. The van der Waals surface area contributed by atoms with E-state index in [2.05, 4.69) is 5.32 Å². The maximum atomic E-state index is 12.8. The smallest absolute Gasteiger partial charge is 0.228 e. The molecular formula is C21H25ClN2O5S. The number of nitrogens with one attached hydrogen (secondary N) is 1. The van der Waals surface area contributed by atoms with Gasteiger partial charge in [-0.15, -0.1) is 0 Å². The van der Waals surface area contributed by atoms with Gasteiger partial charge in [-0.1, -0.05) is 11.6 Å². The van der Waals surface area contributed by atoms with E-state index in [0.717, 1.165) is 12.0 Å². The fourth-order valence-electron chi connectivity index (χ4n) is 3.28. The number of piperidine rings is 1. The summed E-state index contributed by atoms with van der Waals surface area (Å²) in [6.45, 7) is 3.09. The van der Waals surface area contributed by atoms with E-state index in [9.17, 15) is 13.2 Å². The van der Waals surface area contributed by atoms with E-state index in [1.807, 2.05) is 6.92 Å². The number of amides is 1. The number of carbonyl (C=O) groups excluding carboxylic acids is 1. The van der Waals surface area contributed by atoms with Gasteiger partial charge < -0.3 is 14.8 Å². The van der Waals surface area contributed by atoms with Gasteiger partial charge in [0.15, 0.2) is 5.75 Å². The molecule has 1 heterocycles. The fraction of sp³-hybridized carbons (Fsp3) is 0.381.